The monoisotopic (exact) mass is 392 g/mol. The highest BCUT2D eigenvalue weighted by atomic mass is 79.9. The fourth-order valence-electron chi connectivity index (χ4n) is 2.45. The lowest BCUT2D eigenvalue weighted by Gasteiger charge is -2.24. The Hall–Kier alpha value is -1.54. The van der Waals surface area contributed by atoms with Gasteiger partial charge in [-0.3, -0.25) is 0 Å². The maximum Gasteiger partial charge on any atom is 0.403 e. The van der Waals surface area contributed by atoms with E-state index in [-0.39, 0.29) is 5.57 Å². The Morgan fingerprint density at radius 2 is 1.96 bits per heavy atom. The predicted octanol–water partition coefficient (Wildman–Crippen LogP) is 3.19. The molecular formula is C15H16BrF3N2O2. The third-order valence-electron chi connectivity index (χ3n) is 3.54. The lowest BCUT2D eigenvalue weighted by Crippen LogP contribution is -2.44. The number of allylic oxidation sites excluding steroid dienone is 1. The highest BCUT2D eigenvalue weighted by Gasteiger charge is 2.40. The zero-order valence-corrected chi connectivity index (χ0v) is 14.2. The molecule has 0 aromatic heterocycles. The Morgan fingerprint density at radius 1 is 1.35 bits per heavy atom. The second kappa shape index (κ2) is 6.92. The van der Waals surface area contributed by atoms with Crippen LogP contribution in [-0.4, -0.2) is 36.9 Å². The van der Waals surface area contributed by atoms with Crippen molar-refractivity contribution in [2.45, 2.75) is 25.6 Å². The Labute approximate surface area is 140 Å². The normalized spacial score (nSPS) is 19.0. The first-order valence-electron chi connectivity index (χ1n) is 6.87. The van der Waals surface area contributed by atoms with E-state index in [1.54, 1.807) is 6.92 Å². The summed E-state index contributed by atoms with van der Waals surface area (Å²) in [4.78, 5) is 12.0. The lowest BCUT2D eigenvalue weighted by molar-refractivity contribution is -0.154. The highest BCUT2D eigenvalue weighted by molar-refractivity contribution is 9.10. The molecule has 126 valence electrons. The van der Waals surface area contributed by atoms with Gasteiger partial charge in [0.2, 0.25) is 0 Å². The van der Waals surface area contributed by atoms with Gasteiger partial charge in [0.25, 0.3) is 0 Å². The van der Waals surface area contributed by atoms with Crippen LogP contribution in [0.15, 0.2) is 40.0 Å². The van der Waals surface area contributed by atoms with Gasteiger partial charge in [-0.2, -0.15) is 13.2 Å². The summed E-state index contributed by atoms with van der Waals surface area (Å²) >= 11 is 3.32. The third-order valence-corrected chi connectivity index (χ3v) is 4.07. The molecule has 0 radical (unpaired) electrons. The number of halogens is 4. The molecule has 1 N–H and O–H groups in total. The van der Waals surface area contributed by atoms with Crippen LogP contribution in [0.1, 0.15) is 12.5 Å². The number of benzene rings is 1. The fourth-order valence-corrected chi connectivity index (χ4v) is 2.72. The van der Waals surface area contributed by atoms with Gasteiger partial charge in [0, 0.05) is 16.6 Å². The van der Waals surface area contributed by atoms with Crippen molar-refractivity contribution in [3.8, 4) is 0 Å². The number of hydrogen-bond donors (Lipinski definition) is 1. The molecule has 0 spiro atoms. The van der Waals surface area contributed by atoms with Gasteiger partial charge in [0.05, 0.1) is 18.7 Å². The van der Waals surface area contributed by atoms with Gasteiger partial charge in [-0.25, -0.2) is 9.80 Å². The van der Waals surface area contributed by atoms with Gasteiger partial charge >= 0.3 is 12.1 Å². The summed E-state index contributed by atoms with van der Waals surface area (Å²) in [6.45, 7) is 0.387. The molecule has 1 atom stereocenters. The molecule has 1 heterocycles. The summed E-state index contributed by atoms with van der Waals surface area (Å²) in [6, 6.07) is 6.61. The molecule has 1 aromatic rings. The summed E-state index contributed by atoms with van der Waals surface area (Å²) in [5, 5.41) is 1.00. The number of hydrazine groups is 1. The van der Waals surface area contributed by atoms with E-state index < -0.39 is 24.7 Å². The predicted molar refractivity (Wildman–Crippen MR) is 82.2 cm³/mol. The number of methoxy groups -OCH3 is 1. The molecule has 23 heavy (non-hydrogen) atoms. The molecule has 4 nitrogen and oxygen atoms in total. The Bertz CT molecular complexity index is 614. The molecule has 0 aliphatic carbocycles. The number of alkyl halides is 3. The maximum absolute atomic E-state index is 12.7. The highest BCUT2D eigenvalue weighted by Crippen LogP contribution is 2.28. The maximum atomic E-state index is 12.7. The van der Waals surface area contributed by atoms with Crippen LogP contribution < -0.4 is 5.43 Å². The van der Waals surface area contributed by atoms with E-state index in [9.17, 15) is 18.0 Å². The largest absolute Gasteiger partial charge is 0.466 e. The zero-order valence-electron chi connectivity index (χ0n) is 12.6. The molecule has 2 rings (SSSR count). The minimum Gasteiger partial charge on any atom is -0.466 e. The zero-order chi connectivity index (χ0) is 17.2. The first kappa shape index (κ1) is 17.8. The lowest BCUT2D eigenvalue weighted by atomic mass is 10.0. The Morgan fingerprint density at radius 3 is 2.48 bits per heavy atom. The van der Waals surface area contributed by atoms with Crippen LogP contribution in [-0.2, 0) is 16.0 Å². The number of nitrogens with one attached hydrogen (secondary N) is 1. The van der Waals surface area contributed by atoms with Gasteiger partial charge in [-0.05, 0) is 24.6 Å². The van der Waals surface area contributed by atoms with Crippen LogP contribution >= 0.6 is 15.9 Å². The first-order valence-corrected chi connectivity index (χ1v) is 7.66. The molecule has 0 fully saturated rings. The van der Waals surface area contributed by atoms with Gasteiger partial charge in [0.1, 0.15) is 6.54 Å². The van der Waals surface area contributed by atoms with Crippen molar-refractivity contribution >= 4 is 21.9 Å². The topological polar surface area (TPSA) is 41.6 Å². The van der Waals surface area contributed by atoms with E-state index in [0.717, 1.165) is 15.0 Å². The number of carbonyl (C=O) groups is 1. The molecule has 0 saturated carbocycles. The van der Waals surface area contributed by atoms with Crippen molar-refractivity contribution in [3.63, 3.8) is 0 Å². The van der Waals surface area contributed by atoms with E-state index in [4.69, 9.17) is 4.74 Å². The van der Waals surface area contributed by atoms with Gasteiger partial charge in [-0.1, -0.05) is 28.1 Å². The van der Waals surface area contributed by atoms with Crippen molar-refractivity contribution in [2.24, 2.45) is 0 Å². The van der Waals surface area contributed by atoms with Crippen molar-refractivity contribution in [2.75, 3.05) is 13.7 Å². The number of rotatable bonds is 4. The van der Waals surface area contributed by atoms with Crippen LogP contribution in [0, 0.1) is 0 Å². The molecule has 1 aromatic carbocycles. The molecule has 1 unspecified atom stereocenters. The molecule has 0 bridgehead atoms. The molecule has 1 aliphatic rings. The molecule has 8 heteroatoms. The van der Waals surface area contributed by atoms with Crippen LogP contribution in [0.3, 0.4) is 0 Å². The number of esters is 1. The van der Waals surface area contributed by atoms with E-state index in [1.807, 2.05) is 24.3 Å². The van der Waals surface area contributed by atoms with Gasteiger partial charge < -0.3 is 10.2 Å². The van der Waals surface area contributed by atoms with E-state index >= 15 is 0 Å². The molecular weight excluding hydrogens is 377 g/mol. The van der Waals surface area contributed by atoms with Crippen LogP contribution in [0.2, 0.25) is 0 Å². The average molecular weight is 393 g/mol. The second-order valence-electron chi connectivity index (χ2n) is 5.22. The Kier molecular flexibility index (Phi) is 5.36. The van der Waals surface area contributed by atoms with Crippen molar-refractivity contribution in [3.05, 3.63) is 45.6 Å². The van der Waals surface area contributed by atoms with Crippen molar-refractivity contribution in [1.29, 1.82) is 0 Å². The molecule has 1 aliphatic heterocycles. The fraction of sp³-hybridized carbons (Fsp3) is 0.400. The molecule has 0 amide bonds. The van der Waals surface area contributed by atoms with Crippen LogP contribution in [0.4, 0.5) is 13.2 Å². The minimum atomic E-state index is -4.37. The third kappa shape index (κ3) is 4.48. The number of hydrogen-bond acceptors (Lipinski definition) is 4. The van der Waals surface area contributed by atoms with E-state index in [1.165, 1.54) is 7.11 Å². The summed E-state index contributed by atoms with van der Waals surface area (Å²) in [7, 11) is 1.21. The number of ether oxygens (including phenoxy) is 1. The Balaban J connectivity index is 2.25. The number of nitrogens with zero attached hydrogens (tertiary/aromatic N) is 1. The van der Waals surface area contributed by atoms with Gasteiger partial charge in [-0.15, -0.1) is 0 Å². The summed E-state index contributed by atoms with van der Waals surface area (Å²) in [5.41, 5.74) is 4.23. The average Bonchev–Trinajstić information content (AvgIpc) is 2.75. The quantitative estimate of drug-likeness (QED) is 0.798. The number of carbonyl (C=O) groups excluding carboxylic acids is 1. The second-order valence-corrected chi connectivity index (χ2v) is 6.13. The van der Waals surface area contributed by atoms with Crippen molar-refractivity contribution < 1.29 is 22.7 Å². The summed E-state index contributed by atoms with van der Waals surface area (Å²) < 4.78 is 43.6. The van der Waals surface area contributed by atoms with Crippen molar-refractivity contribution in [1.82, 2.24) is 10.4 Å². The standard InChI is InChI=1S/C15H16BrF3N2O2/c1-9-13(14(22)23-2)12(20-21(9)8-15(17,18)19)7-10-3-5-11(16)6-4-10/h3-6,9,20H,7-8H2,1-2H3. The van der Waals surface area contributed by atoms with Gasteiger partial charge in [0.15, 0.2) is 0 Å². The first-order chi connectivity index (χ1) is 10.7. The minimum absolute atomic E-state index is 0.222. The van der Waals surface area contributed by atoms with E-state index in [2.05, 4.69) is 21.4 Å². The smallest absolute Gasteiger partial charge is 0.403 e. The molecule has 0 saturated heterocycles. The summed E-state index contributed by atoms with van der Waals surface area (Å²) in [5.74, 6) is -0.623. The SMILES string of the molecule is COC(=O)C1=C(Cc2ccc(Br)cc2)NN(CC(F)(F)F)C1C. The van der Waals surface area contributed by atoms with Crippen LogP contribution in [0.25, 0.3) is 0 Å². The summed E-state index contributed by atoms with van der Waals surface area (Å²) in [6.07, 6.45) is -4.05. The van der Waals surface area contributed by atoms with E-state index in [0.29, 0.717) is 12.1 Å². The van der Waals surface area contributed by atoms with Crippen LogP contribution in [0.5, 0.6) is 0 Å².